The van der Waals surface area contributed by atoms with Crippen molar-refractivity contribution >= 4 is 6.16 Å². The molecule has 0 saturated carbocycles. The van der Waals surface area contributed by atoms with Crippen LogP contribution in [0.1, 0.15) is 20.3 Å². The molecule has 0 aliphatic carbocycles. The molecule has 0 amide bonds. The molecule has 1 atom stereocenters. The van der Waals surface area contributed by atoms with Gasteiger partial charge in [-0.1, -0.05) is 6.92 Å². The van der Waals surface area contributed by atoms with Crippen molar-refractivity contribution < 1.29 is 23.7 Å². The van der Waals surface area contributed by atoms with Gasteiger partial charge in [-0.15, -0.1) is 0 Å². The van der Waals surface area contributed by atoms with Crippen molar-refractivity contribution in [2.24, 2.45) is 0 Å². The van der Waals surface area contributed by atoms with Crippen LogP contribution in [0.15, 0.2) is 0 Å². The van der Waals surface area contributed by atoms with E-state index in [1.807, 2.05) is 13.8 Å². The van der Waals surface area contributed by atoms with Crippen LogP contribution in [-0.2, 0) is 18.9 Å². The number of hydrogen-bond acceptors (Lipinski definition) is 5. The first-order chi connectivity index (χ1) is 6.72. The van der Waals surface area contributed by atoms with E-state index in [2.05, 4.69) is 0 Å². The van der Waals surface area contributed by atoms with Gasteiger partial charge in [0.2, 0.25) is 0 Å². The summed E-state index contributed by atoms with van der Waals surface area (Å²) in [7, 11) is 0. The lowest BCUT2D eigenvalue weighted by molar-refractivity contribution is -0.159. The highest BCUT2D eigenvalue weighted by molar-refractivity contribution is 5.60. The van der Waals surface area contributed by atoms with E-state index >= 15 is 0 Å². The largest absolute Gasteiger partial charge is 0.508 e. The maximum Gasteiger partial charge on any atom is 0.508 e. The second kappa shape index (κ2) is 5.82. The molecule has 5 nitrogen and oxygen atoms in total. The molecule has 82 valence electrons. The van der Waals surface area contributed by atoms with Crippen molar-refractivity contribution in [1.82, 2.24) is 0 Å². The van der Waals surface area contributed by atoms with Gasteiger partial charge in [0.15, 0.2) is 6.10 Å². The molecule has 1 heterocycles. The first kappa shape index (κ1) is 11.3. The molecular formula is C9H16O5. The third kappa shape index (κ3) is 3.93. The van der Waals surface area contributed by atoms with E-state index in [0.717, 1.165) is 6.42 Å². The fraction of sp³-hybridized carbons (Fsp3) is 0.889. The maximum atomic E-state index is 11.1. The Kier molecular flexibility index (Phi) is 4.69. The summed E-state index contributed by atoms with van der Waals surface area (Å²) in [5.41, 5.74) is 0. The number of carbonyl (C=O) groups is 1. The summed E-state index contributed by atoms with van der Waals surface area (Å²) in [5, 5.41) is 0. The van der Waals surface area contributed by atoms with Gasteiger partial charge >= 0.3 is 6.16 Å². The minimum Gasteiger partial charge on any atom is -0.431 e. The molecule has 0 N–H and O–H groups in total. The molecule has 0 radical (unpaired) electrons. The monoisotopic (exact) mass is 204 g/mol. The first-order valence-corrected chi connectivity index (χ1v) is 4.75. The molecule has 1 aliphatic heterocycles. The smallest absolute Gasteiger partial charge is 0.431 e. The molecule has 0 aromatic carbocycles. The first-order valence-electron chi connectivity index (χ1n) is 4.75. The Balaban J connectivity index is 2.18. The minimum atomic E-state index is -0.654. The van der Waals surface area contributed by atoms with E-state index in [4.69, 9.17) is 18.9 Å². The molecule has 0 bridgehead atoms. The quantitative estimate of drug-likeness (QED) is 0.649. The van der Waals surface area contributed by atoms with Crippen LogP contribution in [0.2, 0.25) is 0 Å². The molecule has 5 heteroatoms. The summed E-state index contributed by atoms with van der Waals surface area (Å²) in [4.78, 5) is 11.1. The number of ether oxygens (including phenoxy) is 4. The Morgan fingerprint density at radius 1 is 1.50 bits per heavy atom. The second-order valence-electron chi connectivity index (χ2n) is 3.19. The van der Waals surface area contributed by atoms with Crippen molar-refractivity contribution in [3.8, 4) is 0 Å². The van der Waals surface area contributed by atoms with Crippen LogP contribution in [0.5, 0.6) is 0 Å². The molecule has 1 unspecified atom stereocenters. The summed E-state index contributed by atoms with van der Waals surface area (Å²) in [5.74, 6) is 0. The van der Waals surface area contributed by atoms with Gasteiger partial charge in [-0.3, -0.25) is 0 Å². The molecule has 14 heavy (non-hydrogen) atoms. The van der Waals surface area contributed by atoms with E-state index in [1.54, 1.807) is 0 Å². The van der Waals surface area contributed by atoms with Crippen LogP contribution in [-0.4, -0.2) is 38.4 Å². The Labute approximate surface area is 83.3 Å². The highest BCUT2D eigenvalue weighted by atomic mass is 16.8. The lowest BCUT2D eigenvalue weighted by Gasteiger charge is -2.22. The van der Waals surface area contributed by atoms with Crippen LogP contribution in [0, 0.1) is 0 Å². The number of carbonyl (C=O) groups excluding carboxylic acids is 1. The third-order valence-electron chi connectivity index (χ3n) is 1.91. The van der Waals surface area contributed by atoms with Crippen molar-refractivity contribution in [2.75, 3.05) is 20.0 Å². The van der Waals surface area contributed by atoms with Crippen molar-refractivity contribution in [2.45, 2.75) is 32.5 Å². The summed E-state index contributed by atoms with van der Waals surface area (Å²) >= 11 is 0. The fourth-order valence-electron chi connectivity index (χ4n) is 0.946. The van der Waals surface area contributed by atoms with Crippen LogP contribution in [0.4, 0.5) is 4.79 Å². The Hall–Kier alpha value is -0.810. The van der Waals surface area contributed by atoms with E-state index in [1.165, 1.54) is 0 Å². The van der Waals surface area contributed by atoms with Crippen molar-refractivity contribution in [3.05, 3.63) is 0 Å². The van der Waals surface area contributed by atoms with Gasteiger partial charge in [0.25, 0.3) is 0 Å². The lowest BCUT2D eigenvalue weighted by atomic mass is 10.3. The maximum absolute atomic E-state index is 11.1. The second-order valence-corrected chi connectivity index (χ2v) is 3.19. The van der Waals surface area contributed by atoms with E-state index in [0.29, 0.717) is 13.2 Å². The number of hydrogen-bond donors (Lipinski definition) is 0. The summed E-state index contributed by atoms with van der Waals surface area (Å²) in [6, 6.07) is 0. The normalized spacial score (nSPS) is 20.1. The van der Waals surface area contributed by atoms with E-state index < -0.39 is 6.16 Å². The van der Waals surface area contributed by atoms with E-state index in [-0.39, 0.29) is 19.0 Å². The van der Waals surface area contributed by atoms with Gasteiger partial charge in [-0.05, 0) is 13.3 Å². The van der Waals surface area contributed by atoms with E-state index in [9.17, 15) is 4.79 Å². The van der Waals surface area contributed by atoms with Crippen LogP contribution in [0.25, 0.3) is 0 Å². The highest BCUT2D eigenvalue weighted by Crippen LogP contribution is 2.05. The van der Waals surface area contributed by atoms with Gasteiger partial charge < -0.3 is 18.9 Å². The lowest BCUT2D eigenvalue weighted by Crippen LogP contribution is -2.34. The zero-order valence-electron chi connectivity index (χ0n) is 8.52. The van der Waals surface area contributed by atoms with Crippen molar-refractivity contribution in [3.63, 3.8) is 0 Å². The molecule has 1 saturated heterocycles. The average molecular weight is 204 g/mol. The van der Waals surface area contributed by atoms with Crippen LogP contribution >= 0.6 is 0 Å². The molecule has 0 aromatic rings. The predicted octanol–water partition coefficient (Wildman–Crippen LogP) is 1.31. The highest BCUT2D eigenvalue weighted by Gasteiger charge is 2.20. The van der Waals surface area contributed by atoms with Gasteiger partial charge in [-0.25, -0.2) is 4.79 Å². The Morgan fingerprint density at radius 3 is 2.71 bits per heavy atom. The average Bonchev–Trinajstić information content (AvgIpc) is 2.19. The predicted molar refractivity (Wildman–Crippen MR) is 47.9 cm³/mol. The van der Waals surface area contributed by atoms with Crippen LogP contribution < -0.4 is 0 Å². The molecule has 0 aromatic heterocycles. The van der Waals surface area contributed by atoms with Crippen LogP contribution in [0.3, 0.4) is 0 Å². The number of rotatable bonds is 3. The minimum absolute atomic E-state index is 0.118. The topological polar surface area (TPSA) is 54.0 Å². The molecule has 0 spiro atoms. The standard InChI is InChI=1S/C9H16O5/c1-3-7(2)13-9(10)14-8-4-11-6-12-5-8/h7-8H,3-6H2,1-2H3. The Bertz CT molecular complexity index is 176. The third-order valence-corrected chi connectivity index (χ3v) is 1.91. The van der Waals surface area contributed by atoms with Gasteiger partial charge in [0.05, 0.1) is 13.2 Å². The molecule has 1 aliphatic rings. The van der Waals surface area contributed by atoms with Gasteiger partial charge in [0, 0.05) is 0 Å². The zero-order valence-corrected chi connectivity index (χ0v) is 8.52. The molecular weight excluding hydrogens is 188 g/mol. The SMILES string of the molecule is CCC(C)OC(=O)OC1COCOC1. The van der Waals surface area contributed by atoms with Gasteiger partial charge in [0.1, 0.15) is 12.9 Å². The van der Waals surface area contributed by atoms with Crippen molar-refractivity contribution in [1.29, 1.82) is 0 Å². The summed E-state index contributed by atoms with van der Waals surface area (Å²) in [6.45, 7) is 4.76. The fourth-order valence-corrected chi connectivity index (χ4v) is 0.946. The Morgan fingerprint density at radius 2 is 2.14 bits per heavy atom. The van der Waals surface area contributed by atoms with Gasteiger partial charge in [-0.2, -0.15) is 0 Å². The zero-order chi connectivity index (χ0) is 10.4. The summed E-state index contributed by atoms with van der Waals surface area (Å²) in [6.07, 6.45) is -0.348. The molecule has 1 rings (SSSR count). The summed E-state index contributed by atoms with van der Waals surface area (Å²) < 4.78 is 19.8. The molecule has 1 fully saturated rings.